The monoisotopic (exact) mass is 237 g/mol. The third-order valence-corrected chi connectivity index (χ3v) is 3.88. The lowest BCUT2D eigenvalue weighted by Gasteiger charge is -2.35. The van der Waals surface area contributed by atoms with Crippen LogP contribution in [-0.4, -0.2) is 27.3 Å². The molecule has 1 heterocycles. The lowest BCUT2D eigenvalue weighted by molar-refractivity contribution is -0.146. The van der Waals surface area contributed by atoms with Crippen molar-refractivity contribution in [2.24, 2.45) is 0 Å². The first kappa shape index (κ1) is 12.2. The van der Waals surface area contributed by atoms with E-state index < -0.39 is 11.4 Å². The summed E-state index contributed by atoms with van der Waals surface area (Å²) < 4.78 is 0. The van der Waals surface area contributed by atoms with Crippen molar-refractivity contribution in [2.45, 2.75) is 51.0 Å². The van der Waals surface area contributed by atoms with Gasteiger partial charge in [-0.2, -0.15) is 0 Å². The number of H-pyrrole nitrogens is 1. The summed E-state index contributed by atoms with van der Waals surface area (Å²) in [7, 11) is 0. The number of hydrogen-bond donors (Lipinski definition) is 3. The first-order chi connectivity index (χ1) is 7.95. The number of hydrogen-bond acceptors (Lipinski definition) is 2. The van der Waals surface area contributed by atoms with Crippen LogP contribution in [0.25, 0.3) is 0 Å². The minimum absolute atomic E-state index is 0.345. The second kappa shape index (κ2) is 4.18. The van der Waals surface area contributed by atoms with Crippen LogP contribution >= 0.6 is 0 Å². The molecule has 1 fully saturated rings. The molecule has 0 aromatic carbocycles. The predicted octanol–water partition coefficient (Wildman–Crippen LogP) is 1.89. The summed E-state index contributed by atoms with van der Waals surface area (Å²) in [6.07, 6.45) is 1.82. The Kier molecular flexibility index (Phi) is 3.00. The summed E-state index contributed by atoms with van der Waals surface area (Å²) in [5, 5.41) is 19.1. The van der Waals surface area contributed by atoms with Gasteiger partial charge in [-0.3, -0.25) is 4.79 Å². The number of nitrogens with one attached hydrogen (secondary N) is 1. The number of aliphatic hydroxyl groups excluding tert-OH is 1. The first-order valence-electron chi connectivity index (χ1n) is 6.04. The molecule has 1 aliphatic carbocycles. The SMILES string of the molecule is Cc1cc(C2(C(=O)O)CCC(O)CC2)c(C)[nH]1. The van der Waals surface area contributed by atoms with Gasteiger partial charge < -0.3 is 15.2 Å². The Morgan fingerprint density at radius 1 is 1.41 bits per heavy atom. The summed E-state index contributed by atoms with van der Waals surface area (Å²) >= 11 is 0. The van der Waals surface area contributed by atoms with Crippen molar-refractivity contribution in [2.75, 3.05) is 0 Å². The molecule has 94 valence electrons. The Morgan fingerprint density at radius 2 is 2.00 bits per heavy atom. The van der Waals surface area contributed by atoms with Gasteiger partial charge in [0.05, 0.1) is 11.5 Å². The Bertz CT molecular complexity index is 428. The Balaban J connectivity index is 2.42. The summed E-state index contributed by atoms with van der Waals surface area (Å²) in [6.45, 7) is 3.85. The van der Waals surface area contributed by atoms with E-state index in [4.69, 9.17) is 0 Å². The molecular weight excluding hydrogens is 218 g/mol. The molecule has 0 atom stereocenters. The highest BCUT2D eigenvalue weighted by molar-refractivity contribution is 5.82. The third kappa shape index (κ3) is 1.97. The smallest absolute Gasteiger partial charge is 0.314 e. The van der Waals surface area contributed by atoms with Gasteiger partial charge in [-0.1, -0.05) is 0 Å². The second-order valence-electron chi connectivity index (χ2n) is 5.11. The molecule has 0 unspecified atom stereocenters. The topological polar surface area (TPSA) is 73.3 Å². The second-order valence-corrected chi connectivity index (χ2v) is 5.11. The van der Waals surface area contributed by atoms with E-state index >= 15 is 0 Å². The van der Waals surface area contributed by atoms with E-state index in [2.05, 4.69) is 4.98 Å². The van der Waals surface area contributed by atoms with Gasteiger partial charge in [0.25, 0.3) is 0 Å². The molecule has 17 heavy (non-hydrogen) atoms. The van der Waals surface area contributed by atoms with Gasteiger partial charge >= 0.3 is 5.97 Å². The summed E-state index contributed by atoms with van der Waals surface area (Å²) in [5.41, 5.74) is 1.99. The molecular formula is C13H19NO3. The van der Waals surface area contributed by atoms with Crippen LogP contribution in [0.15, 0.2) is 6.07 Å². The molecule has 0 aliphatic heterocycles. The van der Waals surface area contributed by atoms with Crippen LogP contribution in [0.4, 0.5) is 0 Å². The normalized spacial score (nSPS) is 29.2. The zero-order chi connectivity index (χ0) is 12.6. The fourth-order valence-electron chi connectivity index (χ4n) is 2.91. The number of aliphatic hydroxyl groups is 1. The largest absolute Gasteiger partial charge is 0.481 e. The van der Waals surface area contributed by atoms with Crippen molar-refractivity contribution >= 4 is 5.97 Å². The Hall–Kier alpha value is -1.29. The number of aryl methyl sites for hydroxylation is 2. The number of carbonyl (C=O) groups is 1. The van der Waals surface area contributed by atoms with Crippen LogP contribution < -0.4 is 0 Å². The van der Waals surface area contributed by atoms with Gasteiger partial charge in [0.2, 0.25) is 0 Å². The van der Waals surface area contributed by atoms with Crippen LogP contribution in [0.2, 0.25) is 0 Å². The molecule has 0 bridgehead atoms. The molecule has 4 heteroatoms. The van der Waals surface area contributed by atoms with E-state index in [1.807, 2.05) is 19.9 Å². The van der Waals surface area contributed by atoms with Gasteiger partial charge in [-0.15, -0.1) is 0 Å². The molecule has 1 aromatic heterocycles. The molecule has 4 nitrogen and oxygen atoms in total. The van der Waals surface area contributed by atoms with Crippen molar-refractivity contribution in [1.82, 2.24) is 4.98 Å². The molecule has 3 N–H and O–H groups in total. The van der Waals surface area contributed by atoms with Crippen molar-refractivity contribution in [3.63, 3.8) is 0 Å². The van der Waals surface area contributed by atoms with Gasteiger partial charge in [-0.25, -0.2) is 0 Å². The van der Waals surface area contributed by atoms with Crippen LogP contribution in [0.1, 0.15) is 42.6 Å². The predicted molar refractivity (Wildman–Crippen MR) is 64.1 cm³/mol. The lowest BCUT2D eigenvalue weighted by Crippen LogP contribution is -2.41. The number of carboxylic acid groups (broad SMARTS) is 1. The number of aliphatic carboxylic acids is 1. The van der Waals surface area contributed by atoms with Crippen molar-refractivity contribution in [3.05, 3.63) is 23.0 Å². The van der Waals surface area contributed by atoms with E-state index in [0.29, 0.717) is 25.7 Å². The minimum Gasteiger partial charge on any atom is -0.481 e. The average Bonchev–Trinajstić information content (AvgIpc) is 2.59. The van der Waals surface area contributed by atoms with Gasteiger partial charge in [0.1, 0.15) is 0 Å². The summed E-state index contributed by atoms with van der Waals surface area (Å²) in [6, 6.07) is 1.93. The van der Waals surface area contributed by atoms with Crippen molar-refractivity contribution < 1.29 is 15.0 Å². The van der Waals surface area contributed by atoms with Crippen LogP contribution in [0, 0.1) is 13.8 Å². The zero-order valence-corrected chi connectivity index (χ0v) is 10.3. The number of aromatic amines is 1. The molecule has 0 radical (unpaired) electrons. The molecule has 1 aromatic rings. The van der Waals surface area contributed by atoms with Crippen molar-refractivity contribution in [3.8, 4) is 0 Å². The van der Waals surface area contributed by atoms with Gasteiger partial charge in [0.15, 0.2) is 0 Å². The van der Waals surface area contributed by atoms with Crippen molar-refractivity contribution in [1.29, 1.82) is 0 Å². The Morgan fingerprint density at radius 3 is 2.41 bits per heavy atom. The molecule has 0 spiro atoms. The molecule has 0 amide bonds. The standard InChI is InChI=1S/C13H19NO3/c1-8-7-11(9(2)14-8)13(12(16)17)5-3-10(15)4-6-13/h7,10,14-15H,3-6H2,1-2H3,(H,16,17). The van der Waals surface area contributed by atoms with Crippen LogP contribution in [-0.2, 0) is 10.2 Å². The molecule has 0 saturated heterocycles. The zero-order valence-electron chi connectivity index (χ0n) is 10.3. The van der Waals surface area contributed by atoms with Gasteiger partial charge in [0, 0.05) is 11.4 Å². The highest BCUT2D eigenvalue weighted by Crippen LogP contribution is 2.41. The van der Waals surface area contributed by atoms with E-state index in [-0.39, 0.29) is 6.10 Å². The Labute approximate surface area is 101 Å². The van der Waals surface area contributed by atoms with Crippen LogP contribution in [0.5, 0.6) is 0 Å². The number of carboxylic acids is 1. The average molecular weight is 237 g/mol. The minimum atomic E-state index is -0.811. The maximum atomic E-state index is 11.6. The summed E-state index contributed by atoms with van der Waals surface area (Å²) in [4.78, 5) is 14.8. The van der Waals surface area contributed by atoms with E-state index in [1.54, 1.807) is 0 Å². The third-order valence-electron chi connectivity index (χ3n) is 3.88. The van der Waals surface area contributed by atoms with Crippen LogP contribution in [0.3, 0.4) is 0 Å². The molecule has 1 aliphatic rings. The number of aromatic nitrogens is 1. The van der Waals surface area contributed by atoms with Gasteiger partial charge in [-0.05, 0) is 51.2 Å². The maximum absolute atomic E-state index is 11.6. The first-order valence-corrected chi connectivity index (χ1v) is 6.04. The lowest BCUT2D eigenvalue weighted by atomic mass is 9.68. The number of rotatable bonds is 2. The fourth-order valence-corrected chi connectivity index (χ4v) is 2.91. The van der Waals surface area contributed by atoms with E-state index in [9.17, 15) is 15.0 Å². The fraction of sp³-hybridized carbons (Fsp3) is 0.615. The molecule has 2 rings (SSSR count). The van der Waals surface area contributed by atoms with E-state index in [0.717, 1.165) is 17.0 Å². The maximum Gasteiger partial charge on any atom is 0.314 e. The highest BCUT2D eigenvalue weighted by Gasteiger charge is 2.44. The molecule has 1 saturated carbocycles. The summed E-state index contributed by atoms with van der Waals surface area (Å²) in [5.74, 6) is -0.772. The van der Waals surface area contributed by atoms with E-state index in [1.165, 1.54) is 0 Å². The highest BCUT2D eigenvalue weighted by atomic mass is 16.4. The quantitative estimate of drug-likeness (QED) is 0.735.